The Morgan fingerprint density at radius 3 is 2.61 bits per heavy atom. The lowest BCUT2D eigenvalue weighted by Crippen LogP contribution is -2.04. The van der Waals surface area contributed by atoms with Crippen LogP contribution in [0.1, 0.15) is 22.3 Å². The number of tetrazole rings is 1. The molecule has 2 heterocycles. The van der Waals surface area contributed by atoms with E-state index in [9.17, 15) is 0 Å². The monoisotopic (exact) mass is 387 g/mol. The van der Waals surface area contributed by atoms with Gasteiger partial charge in [-0.05, 0) is 65.2 Å². The van der Waals surface area contributed by atoms with E-state index in [0.29, 0.717) is 22.6 Å². The van der Waals surface area contributed by atoms with E-state index < -0.39 is 0 Å². The lowest BCUT2D eigenvalue weighted by atomic mass is 10.1. The second-order valence-electron chi connectivity index (χ2n) is 6.57. The molecule has 4 aromatic rings. The summed E-state index contributed by atoms with van der Waals surface area (Å²) in [4.78, 5) is 0. The number of hydrogen-bond acceptors (Lipinski definition) is 5. The van der Waals surface area contributed by atoms with Crippen LogP contribution in [-0.4, -0.2) is 30.0 Å². The van der Waals surface area contributed by atoms with Crippen LogP contribution in [0.25, 0.3) is 17.1 Å². The molecule has 0 aliphatic heterocycles. The van der Waals surface area contributed by atoms with E-state index in [0.717, 1.165) is 16.8 Å². The Morgan fingerprint density at radius 2 is 1.89 bits per heavy atom. The molecule has 0 saturated heterocycles. The molecule has 0 saturated carbocycles. The summed E-state index contributed by atoms with van der Waals surface area (Å²) < 4.78 is 4.15. The Bertz CT molecular complexity index is 1240. The molecule has 0 fully saturated rings. The van der Waals surface area contributed by atoms with Crippen molar-refractivity contribution in [3.8, 4) is 23.1 Å². The van der Waals surface area contributed by atoms with Crippen LogP contribution in [0.15, 0.2) is 48.7 Å². The minimum Gasteiger partial charge on any atom is -0.299 e. The van der Waals surface area contributed by atoms with Gasteiger partial charge in [0.05, 0.1) is 29.4 Å². The number of nitrogens with one attached hydrogen (secondary N) is 1. The molecule has 0 aliphatic carbocycles. The standard InChI is InChI=1S/C20H17N7S/c1-13-3-8-17(9-14(13)2)27-20(28)18(11-22-27)19-23-24-25-26(19)12-16-6-4-15(10-21)5-7-16/h3-9,11,22H,12H2,1-2H3. The predicted molar refractivity (Wildman–Crippen MR) is 107 cm³/mol. The van der Waals surface area contributed by atoms with Crippen molar-refractivity contribution in [2.45, 2.75) is 20.4 Å². The fraction of sp³-hybridized carbons (Fsp3) is 0.150. The molecule has 28 heavy (non-hydrogen) atoms. The number of aromatic nitrogens is 6. The number of aromatic amines is 1. The zero-order chi connectivity index (χ0) is 19.7. The summed E-state index contributed by atoms with van der Waals surface area (Å²) in [5.74, 6) is 0.591. The van der Waals surface area contributed by atoms with Crippen molar-refractivity contribution in [2.75, 3.05) is 0 Å². The molecule has 4 rings (SSSR count). The van der Waals surface area contributed by atoms with Crippen molar-refractivity contribution in [3.05, 3.63) is 75.6 Å². The summed E-state index contributed by atoms with van der Waals surface area (Å²) >= 11 is 5.68. The Kier molecular flexibility index (Phi) is 4.59. The van der Waals surface area contributed by atoms with E-state index in [4.69, 9.17) is 17.5 Å². The van der Waals surface area contributed by atoms with Crippen LogP contribution in [-0.2, 0) is 6.54 Å². The highest BCUT2D eigenvalue weighted by Crippen LogP contribution is 2.22. The summed E-state index contributed by atoms with van der Waals surface area (Å²) in [6.45, 7) is 4.64. The van der Waals surface area contributed by atoms with E-state index >= 15 is 0 Å². The molecule has 0 amide bonds. The molecule has 1 N–H and O–H groups in total. The van der Waals surface area contributed by atoms with Crippen molar-refractivity contribution in [1.82, 2.24) is 30.0 Å². The van der Waals surface area contributed by atoms with E-state index in [-0.39, 0.29) is 0 Å². The Hall–Kier alpha value is -3.57. The summed E-state index contributed by atoms with van der Waals surface area (Å²) in [7, 11) is 0. The molecule has 0 aliphatic rings. The van der Waals surface area contributed by atoms with Gasteiger partial charge in [-0.2, -0.15) is 5.26 Å². The fourth-order valence-electron chi connectivity index (χ4n) is 2.95. The van der Waals surface area contributed by atoms with Gasteiger partial charge in [0, 0.05) is 6.20 Å². The number of benzene rings is 2. The van der Waals surface area contributed by atoms with Gasteiger partial charge in [-0.1, -0.05) is 30.4 Å². The van der Waals surface area contributed by atoms with Crippen LogP contribution in [0.4, 0.5) is 0 Å². The maximum absolute atomic E-state index is 8.93. The first-order valence-corrected chi connectivity index (χ1v) is 9.11. The minimum atomic E-state index is 0.484. The van der Waals surface area contributed by atoms with Gasteiger partial charge in [-0.3, -0.25) is 5.10 Å². The van der Waals surface area contributed by atoms with E-state index in [2.05, 4.69) is 52.7 Å². The number of hydrogen-bond donors (Lipinski definition) is 1. The second kappa shape index (κ2) is 7.21. The van der Waals surface area contributed by atoms with E-state index in [1.807, 2.05) is 29.1 Å². The van der Waals surface area contributed by atoms with Crippen molar-refractivity contribution in [1.29, 1.82) is 5.26 Å². The maximum atomic E-state index is 8.93. The third kappa shape index (κ3) is 3.23. The summed E-state index contributed by atoms with van der Waals surface area (Å²) in [5.41, 5.74) is 5.76. The van der Waals surface area contributed by atoms with Crippen LogP contribution < -0.4 is 0 Å². The van der Waals surface area contributed by atoms with Crippen molar-refractivity contribution < 1.29 is 0 Å². The fourth-order valence-corrected chi connectivity index (χ4v) is 3.26. The predicted octanol–water partition coefficient (Wildman–Crippen LogP) is 3.73. The average Bonchev–Trinajstić information content (AvgIpc) is 3.31. The minimum absolute atomic E-state index is 0.484. The molecule has 7 nitrogen and oxygen atoms in total. The van der Waals surface area contributed by atoms with Crippen LogP contribution >= 0.6 is 12.2 Å². The van der Waals surface area contributed by atoms with Gasteiger partial charge in [0.2, 0.25) is 0 Å². The maximum Gasteiger partial charge on any atom is 0.186 e. The number of aryl methyl sites for hydroxylation is 2. The largest absolute Gasteiger partial charge is 0.299 e. The molecular weight excluding hydrogens is 370 g/mol. The first-order chi connectivity index (χ1) is 13.6. The van der Waals surface area contributed by atoms with Gasteiger partial charge in [-0.15, -0.1) is 5.10 Å². The number of rotatable bonds is 4. The van der Waals surface area contributed by atoms with Crippen molar-refractivity contribution in [2.24, 2.45) is 0 Å². The molecule has 0 unspecified atom stereocenters. The van der Waals surface area contributed by atoms with Gasteiger partial charge in [-0.25, -0.2) is 9.36 Å². The van der Waals surface area contributed by atoms with Gasteiger partial charge >= 0.3 is 0 Å². The highest BCUT2D eigenvalue weighted by atomic mass is 32.1. The number of H-pyrrole nitrogens is 1. The van der Waals surface area contributed by atoms with E-state index in [1.165, 1.54) is 11.1 Å². The molecule has 0 radical (unpaired) electrons. The van der Waals surface area contributed by atoms with Gasteiger partial charge in [0.15, 0.2) is 5.82 Å². The third-order valence-electron chi connectivity index (χ3n) is 4.71. The second-order valence-corrected chi connectivity index (χ2v) is 6.95. The van der Waals surface area contributed by atoms with Crippen LogP contribution in [0.5, 0.6) is 0 Å². The SMILES string of the molecule is Cc1ccc(-n2[nH]cc(-c3nnnn3Cc3ccc(C#N)cc3)c2=S)cc1C. The molecule has 138 valence electrons. The molecule has 8 heteroatoms. The number of nitriles is 1. The number of nitrogens with zero attached hydrogens (tertiary/aromatic N) is 6. The van der Waals surface area contributed by atoms with Gasteiger partial charge < -0.3 is 0 Å². The summed E-state index contributed by atoms with van der Waals surface area (Å²) in [6, 6.07) is 15.6. The zero-order valence-electron chi connectivity index (χ0n) is 15.4. The van der Waals surface area contributed by atoms with Crippen LogP contribution in [0, 0.1) is 29.8 Å². The quantitative estimate of drug-likeness (QED) is 0.539. The highest BCUT2D eigenvalue weighted by molar-refractivity contribution is 7.71. The Balaban J connectivity index is 1.68. The molecule has 2 aromatic heterocycles. The molecule has 2 aromatic carbocycles. The Morgan fingerprint density at radius 1 is 1.11 bits per heavy atom. The summed E-state index contributed by atoms with van der Waals surface area (Å²) in [5, 5.41) is 24.2. The Labute approximate surface area is 166 Å². The third-order valence-corrected chi connectivity index (χ3v) is 5.11. The average molecular weight is 387 g/mol. The van der Waals surface area contributed by atoms with Crippen LogP contribution in [0.2, 0.25) is 0 Å². The molecular formula is C20H17N7S. The van der Waals surface area contributed by atoms with Crippen LogP contribution in [0.3, 0.4) is 0 Å². The molecule has 0 spiro atoms. The topological polar surface area (TPSA) is 88.1 Å². The van der Waals surface area contributed by atoms with Crippen molar-refractivity contribution >= 4 is 12.2 Å². The molecule has 0 bridgehead atoms. The first-order valence-electron chi connectivity index (χ1n) is 8.70. The highest BCUT2D eigenvalue weighted by Gasteiger charge is 2.15. The normalized spacial score (nSPS) is 10.8. The molecule has 0 atom stereocenters. The van der Waals surface area contributed by atoms with E-state index in [1.54, 1.807) is 16.8 Å². The van der Waals surface area contributed by atoms with Gasteiger partial charge in [0.25, 0.3) is 0 Å². The zero-order valence-corrected chi connectivity index (χ0v) is 16.2. The van der Waals surface area contributed by atoms with Crippen molar-refractivity contribution in [3.63, 3.8) is 0 Å². The first kappa shape index (κ1) is 17.8. The van der Waals surface area contributed by atoms with Gasteiger partial charge in [0.1, 0.15) is 4.64 Å². The lowest BCUT2D eigenvalue weighted by Gasteiger charge is -2.06. The lowest BCUT2D eigenvalue weighted by molar-refractivity contribution is 0.653. The smallest absolute Gasteiger partial charge is 0.186 e. The summed E-state index contributed by atoms with van der Waals surface area (Å²) in [6.07, 6.45) is 1.82.